The smallest absolute Gasteiger partial charge is 0.273 e. The van der Waals surface area contributed by atoms with Crippen molar-refractivity contribution < 1.29 is 19.5 Å². The Bertz CT molecular complexity index is 1370. The number of benzene rings is 2. The van der Waals surface area contributed by atoms with Gasteiger partial charge in [-0.05, 0) is 53.8 Å². The Balaban J connectivity index is 1.96. The highest BCUT2D eigenvalue weighted by molar-refractivity contribution is 7.10. The Morgan fingerprint density at radius 1 is 1.10 bits per heavy atom. The molecule has 1 aliphatic rings. The molecule has 3 atom stereocenters. The van der Waals surface area contributed by atoms with Gasteiger partial charge in [-0.25, -0.2) is 10.0 Å². The third kappa shape index (κ3) is 5.67. The van der Waals surface area contributed by atoms with Gasteiger partial charge in [0.1, 0.15) is 0 Å². The Morgan fingerprint density at radius 2 is 1.79 bits per heavy atom. The molecule has 9 heteroatoms. The lowest BCUT2D eigenvalue weighted by Crippen LogP contribution is -2.48. The van der Waals surface area contributed by atoms with Crippen LogP contribution in [0.15, 0.2) is 53.9 Å². The van der Waals surface area contributed by atoms with Crippen LogP contribution in [0, 0.1) is 5.92 Å². The second-order valence-electron chi connectivity index (χ2n) is 10.4. The summed E-state index contributed by atoms with van der Waals surface area (Å²) in [7, 11) is 1.53. The Kier molecular flexibility index (Phi) is 8.66. The van der Waals surface area contributed by atoms with Crippen molar-refractivity contribution in [3.63, 3.8) is 0 Å². The molecule has 3 aromatic rings. The van der Waals surface area contributed by atoms with E-state index in [0.29, 0.717) is 23.2 Å². The molecular formula is C30H36N4O4S. The van der Waals surface area contributed by atoms with Crippen LogP contribution in [-0.2, 0) is 11.2 Å². The van der Waals surface area contributed by atoms with Crippen LogP contribution < -0.4 is 16.5 Å². The summed E-state index contributed by atoms with van der Waals surface area (Å²) in [5, 5.41) is 14.8. The van der Waals surface area contributed by atoms with E-state index in [1.807, 2.05) is 49.6 Å². The van der Waals surface area contributed by atoms with E-state index in [4.69, 9.17) is 11.5 Å². The van der Waals surface area contributed by atoms with Crippen LogP contribution >= 0.6 is 11.3 Å². The summed E-state index contributed by atoms with van der Waals surface area (Å²) in [6.07, 6.45) is 0.0588. The minimum absolute atomic E-state index is 0.154. The number of Topliss-reactive ketones (excluding diaryl/α,β-unsaturated/α-hetero) is 1. The van der Waals surface area contributed by atoms with Gasteiger partial charge in [0.2, 0.25) is 5.91 Å². The molecule has 2 heterocycles. The Morgan fingerprint density at radius 3 is 2.44 bits per heavy atom. The van der Waals surface area contributed by atoms with Gasteiger partial charge in [-0.15, -0.1) is 11.3 Å². The molecule has 2 amide bonds. The van der Waals surface area contributed by atoms with Gasteiger partial charge in [0, 0.05) is 30.0 Å². The highest BCUT2D eigenvalue weighted by Crippen LogP contribution is 2.38. The molecule has 0 saturated heterocycles. The molecule has 2 aromatic carbocycles. The van der Waals surface area contributed by atoms with Crippen molar-refractivity contribution in [1.82, 2.24) is 5.01 Å². The molecule has 0 aliphatic carbocycles. The monoisotopic (exact) mass is 548 g/mol. The molecule has 8 nitrogen and oxygen atoms in total. The zero-order chi connectivity index (χ0) is 28.4. The molecule has 5 N–H and O–H groups in total. The van der Waals surface area contributed by atoms with E-state index in [1.54, 1.807) is 25.1 Å². The second-order valence-corrected chi connectivity index (χ2v) is 11.4. The average molecular weight is 549 g/mol. The number of nitrogens with two attached hydrogens (primary N) is 2. The van der Waals surface area contributed by atoms with Crippen molar-refractivity contribution in [3.8, 4) is 11.1 Å². The van der Waals surface area contributed by atoms with Gasteiger partial charge in [-0.1, -0.05) is 56.3 Å². The Labute approximate surface area is 233 Å². The van der Waals surface area contributed by atoms with Crippen molar-refractivity contribution in [2.45, 2.75) is 58.2 Å². The van der Waals surface area contributed by atoms with Crippen molar-refractivity contribution in [2.75, 3.05) is 12.1 Å². The van der Waals surface area contributed by atoms with Crippen molar-refractivity contribution in [1.29, 1.82) is 0 Å². The summed E-state index contributed by atoms with van der Waals surface area (Å²) < 4.78 is 0. The molecule has 1 aromatic heterocycles. The predicted molar refractivity (Wildman–Crippen MR) is 154 cm³/mol. The number of rotatable bonds is 8. The number of thiophene rings is 1. The number of aliphatic hydroxyl groups is 1. The van der Waals surface area contributed by atoms with Gasteiger partial charge in [0.15, 0.2) is 5.78 Å². The molecule has 0 fully saturated rings. The third-order valence-electron chi connectivity index (χ3n) is 7.11. The van der Waals surface area contributed by atoms with Gasteiger partial charge in [0.25, 0.3) is 5.91 Å². The topological polar surface area (TPSA) is 130 Å². The first-order chi connectivity index (χ1) is 18.5. The lowest BCUT2D eigenvalue weighted by molar-refractivity contribution is -0.120. The van der Waals surface area contributed by atoms with Crippen molar-refractivity contribution >= 4 is 34.6 Å². The fourth-order valence-corrected chi connectivity index (χ4v) is 5.88. The third-order valence-corrected chi connectivity index (χ3v) is 8.15. The van der Waals surface area contributed by atoms with E-state index >= 15 is 0 Å². The van der Waals surface area contributed by atoms with E-state index in [1.165, 1.54) is 28.4 Å². The number of ketones is 1. The Hall–Kier alpha value is -3.37. The standard InChI is InChI=1S/C30H36N4O4S/c1-17(2)27(32)28(37)25-20(16-18(3)35)10-11-21(19-8-6-5-7-9-19)26(25)30(38)33(4)34-23-14-15-39-29(23)22(31)12-13-24(34)36/h5-11,14-15,17-18,22,27,35H,12-13,16,31-32H2,1-4H3/t18-,22?,27?/m1/s1. The molecule has 4 rings (SSSR count). The van der Waals surface area contributed by atoms with Gasteiger partial charge in [0.05, 0.1) is 23.4 Å². The van der Waals surface area contributed by atoms with Crippen molar-refractivity contribution in [3.05, 3.63) is 75.5 Å². The maximum Gasteiger partial charge on any atom is 0.273 e. The van der Waals surface area contributed by atoms with Crippen LogP contribution in [0.5, 0.6) is 0 Å². The largest absolute Gasteiger partial charge is 0.393 e. The van der Waals surface area contributed by atoms with E-state index < -0.39 is 18.1 Å². The summed E-state index contributed by atoms with van der Waals surface area (Å²) in [5.74, 6) is -1.34. The average Bonchev–Trinajstić information content (AvgIpc) is 3.35. The van der Waals surface area contributed by atoms with Crippen molar-refractivity contribution in [2.24, 2.45) is 17.4 Å². The number of anilines is 1. The lowest BCUT2D eigenvalue weighted by atomic mass is 9.84. The number of carbonyl (C=O) groups excluding carboxylic acids is 3. The maximum absolute atomic E-state index is 14.5. The predicted octanol–water partition coefficient (Wildman–Crippen LogP) is 4.32. The second kappa shape index (κ2) is 11.8. The summed E-state index contributed by atoms with van der Waals surface area (Å²) in [6.45, 7) is 5.33. The van der Waals surface area contributed by atoms with Gasteiger partial charge >= 0.3 is 0 Å². The number of amides is 2. The van der Waals surface area contributed by atoms with E-state index in [-0.39, 0.29) is 47.6 Å². The summed E-state index contributed by atoms with van der Waals surface area (Å²) in [5.41, 5.74) is 15.4. The highest BCUT2D eigenvalue weighted by Gasteiger charge is 2.36. The zero-order valence-corrected chi connectivity index (χ0v) is 23.6. The molecular weight excluding hydrogens is 512 g/mol. The maximum atomic E-state index is 14.5. The normalized spacial score (nSPS) is 17.0. The summed E-state index contributed by atoms with van der Waals surface area (Å²) >= 11 is 1.45. The number of hydrogen-bond acceptors (Lipinski definition) is 7. The van der Waals surface area contributed by atoms with Crippen LogP contribution in [0.3, 0.4) is 0 Å². The zero-order valence-electron chi connectivity index (χ0n) is 22.8. The first-order valence-corrected chi connectivity index (χ1v) is 14.0. The highest BCUT2D eigenvalue weighted by atomic mass is 32.1. The number of fused-ring (bicyclic) bond motifs is 1. The van der Waals surface area contributed by atoms with E-state index in [2.05, 4.69) is 0 Å². The first-order valence-electron chi connectivity index (χ1n) is 13.2. The quantitative estimate of drug-likeness (QED) is 0.360. The fourth-order valence-electron chi connectivity index (χ4n) is 4.96. The first kappa shape index (κ1) is 28.6. The molecule has 0 bridgehead atoms. The molecule has 1 aliphatic heterocycles. The van der Waals surface area contributed by atoms with E-state index in [0.717, 1.165) is 10.4 Å². The minimum atomic E-state index is -0.859. The van der Waals surface area contributed by atoms with Crippen LogP contribution in [-0.4, -0.2) is 46.9 Å². The van der Waals surface area contributed by atoms with Crippen LogP contribution in [0.1, 0.15) is 70.8 Å². The SMILES string of the molecule is CC(C)C(N)C(=O)c1c(C[C@@H](C)O)ccc(-c2ccccc2)c1C(=O)N(C)N1C(=O)CCC(N)c2sccc21. The van der Waals surface area contributed by atoms with Gasteiger partial charge in [-0.3, -0.25) is 14.4 Å². The molecule has 0 radical (unpaired) electrons. The number of hydrogen-bond donors (Lipinski definition) is 3. The lowest BCUT2D eigenvalue weighted by Gasteiger charge is -2.33. The molecule has 0 spiro atoms. The summed E-state index contributed by atoms with van der Waals surface area (Å²) in [6, 6.07) is 13.5. The molecule has 39 heavy (non-hydrogen) atoms. The number of aliphatic hydroxyl groups excluding tert-OH is 1. The number of hydrazine groups is 1. The summed E-state index contributed by atoms with van der Waals surface area (Å²) in [4.78, 5) is 42.6. The molecule has 206 valence electrons. The van der Waals surface area contributed by atoms with E-state index in [9.17, 15) is 19.5 Å². The van der Waals surface area contributed by atoms with Crippen LogP contribution in [0.2, 0.25) is 0 Å². The minimum Gasteiger partial charge on any atom is -0.393 e. The number of carbonyl (C=O) groups is 3. The fraction of sp³-hybridized carbons (Fsp3) is 0.367. The molecule has 0 saturated carbocycles. The van der Waals surface area contributed by atoms with Crippen LogP contribution in [0.25, 0.3) is 11.1 Å². The van der Waals surface area contributed by atoms with Crippen LogP contribution in [0.4, 0.5) is 5.69 Å². The van der Waals surface area contributed by atoms with Gasteiger partial charge < -0.3 is 16.6 Å². The molecule has 2 unspecified atom stereocenters. The van der Waals surface area contributed by atoms with Gasteiger partial charge in [-0.2, -0.15) is 0 Å². The number of nitrogens with zero attached hydrogens (tertiary/aromatic N) is 2.